The van der Waals surface area contributed by atoms with Gasteiger partial charge in [0.25, 0.3) is 0 Å². The molecule has 0 aromatic heterocycles. The Morgan fingerprint density at radius 3 is 3.00 bits per heavy atom. The van der Waals surface area contributed by atoms with Crippen LogP contribution in [0.1, 0.15) is 6.92 Å². The van der Waals surface area contributed by atoms with Crippen molar-refractivity contribution in [1.82, 2.24) is 4.90 Å². The quantitative estimate of drug-likeness (QED) is 0.748. The molecule has 0 aromatic rings. The van der Waals surface area contributed by atoms with Crippen LogP contribution in [-0.4, -0.2) is 28.2 Å². The monoisotopic (exact) mass is 323 g/mol. The van der Waals surface area contributed by atoms with E-state index in [0.717, 1.165) is 4.02 Å². The number of amides is 1. The van der Waals surface area contributed by atoms with Crippen LogP contribution in [-0.2, 0) is 24.1 Å². The number of carbonyl (C=O) groups is 1. The van der Waals surface area contributed by atoms with Crippen LogP contribution in [0.4, 0.5) is 4.79 Å². The fourth-order valence-electron chi connectivity index (χ4n) is 0.826. The molecule has 0 spiro atoms. The molecule has 0 N–H and O–H groups in total. The van der Waals surface area contributed by atoms with Crippen molar-refractivity contribution in [2.24, 2.45) is 0 Å². The van der Waals surface area contributed by atoms with E-state index in [2.05, 4.69) is 0 Å². The zero-order valence-electron chi connectivity index (χ0n) is 6.24. The van der Waals surface area contributed by atoms with Crippen molar-refractivity contribution in [1.29, 1.82) is 0 Å². The Bertz CT molecular complexity index is 212. The Morgan fingerprint density at radius 2 is 2.55 bits per heavy atom. The molecule has 0 atom stereocenters. The van der Waals surface area contributed by atoms with Crippen LogP contribution < -0.4 is 0 Å². The number of ether oxygens (including phenoxy) is 1. The molecule has 1 rings (SSSR count). The normalized spacial score (nSPS) is 17.5. The maximum absolute atomic E-state index is 11.0. The number of hydrogen-bond donors (Lipinski definition) is 0. The summed E-state index contributed by atoms with van der Waals surface area (Å²) in [7, 11) is 0. The van der Waals surface area contributed by atoms with Gasteiger partial charge in [-0.15, -0.1) is 0 Å². The SMILES string of the molecule is C/C=C/[C](=[W])N1CCOC1=O. The zero-order chi connectivity index (χ0) is 8.27. The maximum atomic E-state index is 11.0. The summed E-state index contributed by atoms with van der Waals surface area (Å²) in [6, 6.07) is 0. The van der Waals surface area contributed by atoms with Crippen molar-refractivity contribution in [2.45, 2.75) is 6.92 Å². The van der Waals surface area contributed by atoms with Gasteiger partial charge in [-0.05, 0) is 0 Å². The van der Waals surface area contributed by atoms with E-state index in [1.54, 1.807) is 4.90 Å². The van der Waals surface area contributed by atoms with Crippen molar-refractivity contribution < 1.29 is 28.9 Å². The Balaban J connectivity index is 2.59. The standard InChI is InChI=1S/C7H9NO2.W/c1-2-3-4-8-5-6-10-7(8)9;/h2-3H,5-6H2,1H3;/b3-2+;. The number of carbonyl (C=O) groups excluding carboxylic acids is 1. The summed E-state index contributed by atoms with van der Waals surface area (Å²) in [5, 5.41) is 0. The van der Waals surface area contributed by atoms with E-state index < -0.39 is 0 Å². The molecule has 3 nitrogen and oxygen atoms in total. The van der Waals surface area contributed by atoms with E-state index in [4.69, 9.17) is 4.74 Å². The molecule has 0 aromatic carbocycles. The minimum atomic E-state index is -0.215. The third kappa shape index (κ3) is 2.00. The molecule has 4 heteroatoms. The number of cyclic esters (lactones) is 1. The molecule has 0 radical (unpaired) electrons. The van der Waals surface area contributed by atoms with Crippen LogP contribution in [0.25, 0.3) is 0 Å². The fourth-order valence-corrected chi connectivity index (χ4v) is 1.91. The van der Waals surface area contributed by atoms with Crippen LogP contribution in [0, 0.1) is 0 Å². The molecular weight excluding hydrogens is 314 g/mol. The predicted octanol–water partition coefficient (Wildman–Crippen LogP) is 0.691. The van der Waals surface area contributed by atoms with Gasteiger partial charge in [0.2, 0.25) is 0 Å². The van der Waals surface area contributed by atoms with Gasteiger partial charge >= 0.3 is 76.1 Å². The van der Waals surface area contributed by atoms with Gasteiger partial charge in [0.1, 0.15) is 0 Å². The second-order valence-corrected chi connectivity index (χ2v) is 3.61. The van der Waals surface area contributed by atoms with E-state index >= 15 is 0 Å². The summed E-state index contributed by atoms with van der Waals surface area (Å²) in [5.41, 5.74) is 0. The minimum absolute atomic E-state index is 0.215. The Hall–Kier alpha value is -0.432. The topological polar surface area (TPSA) is 29.5 Å². The number of rotatable bonds is 2. The van der Waals surface area contributed by atoms with E-state index in [9.17, 15) is 4.79 Å². The van der Waals surface area contributed by atoms with Crippen molar-refractivity contribution in [3.8, 4) is 0 Å². The van der Waals surface area contributed by atoms with Gasteiger partial charge < -0.3 is 0 Å². The molecule has 11 heavy (non-hydrogen) atoms. The third-order valence-corrected chi connectivity index (χ3v) is 2.62. The van der Waals surface area contributed by atoms with Crippen molar-refractivity contribution >= 4 is 10.1 Å². The molecule has 1 aliphatic heterocycles. The van der Waals surface area contributed by atoms with E-state index in [1.165, 1.54) is 19.4 Å². The Morgan fingerprint density at radius 1 is 1.82 bits per heavy atom. The molecule has 1 saturated heterocycles. The molecule has 1 fully saturated rings. The van der Waals surface area contributed by atoms with Crippen molar-refractivity contribution in [2.75, 3.05) is 13.2 Å². The summed E-state index contributed by atoms with van der Waals surface area (Å²) in [6.07, 6.45) is 3.64. The first kappa shape index (κ1) is 8.66. The second kappa shape index (κ2) is 3.82. The van der Waals surface area contributed by atoms with Crippen LogP contribution in [0.2, 0.25) is 0 Å². The van der Waals surface area contributed by atoms with Crippen LogP contribution in [0.5, 0.6) is 0 Å². The van der Waals surface area contributed by atoms with E-state index in [1.807, 2.05) is 19.1 Å². The van der Waals surface area contributed by atoms with Crippen LogP contribution in [0.3, 0.4) is 0 Å². The average molecular weight is 323 g/mol. The van der Waals surface area contributed by atoms with Crippen molar-refractivity contribution in [3.05, 3.63) is 12.2 Å². The molecule has 1 heterocycles. The third-order valence-electron chi connectivity index (χ3n) is 1.34. The number of hydrogen-bond acceptors (Lipinski definition) is 2. The Kier molecular flexibility index (Phi) is 3.01. The second-order valence-electron chi connectivity index (χ2n) is 2.10. The summed E-state index contributed by atoms with van der Waals surface area (Å²) in [4.78, 5) is 12.6. The first-order valence-electron chi connectivity index (χ1n) is 3.36. The summed E-state index contributed by atoms with van der Waals surface area (Å²) >= 11 is 1.29. The molecule has 0 bridgehead atoms. The van der Waals surface area contributed by atoms with E-state index in [-0.39, 0.29) is 6.09 Å². The number of allylic oxidation sites excluding steroid dienone is 1. The van der Waals surface area contributed by atoms with E-state index in [0.29, 0.717) is 13.2 Å². The molecule has 60 valence electrons. The predicted molar refractivity (Wildman–Crippen MR) is 37.9 cm³/mol. The molecule has 0 unspecified atom stereocenters. The van der Waals surface area contributed by atoms with Crippen LogP contribution >= 0.6 is 0 Å². The van der Waals surface area contributed by atoms with Gasteiger partial charge in [0.15, 0.2) is 0 Å². The summed E-state index contributed by atoms with van der Waals surface area (Å²) in [6.45, 7) is 3.15. The first-order chi connectivity index (χ1) is 5.25. The van der Waals surface area contributed by atoms with Gasteiger partial charge in [-0.3, -0.25) is 0 Å². The first-order valence-corrected chi connectivity index (χ1v) is 4.83. The van der Waals surface area contributed by atoms with Gasteiger partial charge in [0.05, 0.1) is 0 Å². The molecule has 1 aliphatic rings. The fraction of sp³-hybridized carbons (Fsp3) is 0.429. The van der Waals surface area contributed by atoms with Gasteiger partial charge in [-0.25, -0.2) is 0 Å². The Labute approximate surface area is 76.4 Å². The van der Waals surface area contributed by atoms with Gasteiger partial charge in [-0.1, -0.05) is 0 Å². The summed E-state index contributed by atoms with van der Waals surface area (Å²) < 4.78 is 5.80. The molecule has 0 saturated carbocycles. The van der Waals surface area contributed by atoms with Crippen molar-refractivity contribution in [3.63, 3.8) is 0 Å². The zero-order valence-corrected chi connectivity index (χ0v) is 9.17. The number of nitrogens with zero attached hydrogens (tertiary/aromatic N) is 1. The average Bonchev–Trinajstić information content (AvgIpc) is 2.36. The van der Waals surface area contributed by atoms with Crippen LogP contribution in [0.15, 0.2) is 12.2 Å². The molecule has 0 aliphatic carbocycles. The molecule has 1 amide bonds. The molecular formula is C7H9NO2W. The van der Waals surface area contributed by atoms with Gasteiger partial charge in [-0.2, -0.15) is 0 Å². The van der Waals surface area contributed by atoms with Gasteiger partial charge in [0, 0.05) is 0 Å². The summed E-state index contributed by atoms with van der Waals surface area (Å²) in [5.74, 6) is 0.